The Kier molecular flexibility index (Phi) is 5.18. The van der Waals surface area contributed by atoms with Gasteiger partial charge in [-0.25, -0.2) is 4.98 Å². The number of nitrogens with two attached hydrogens (primary N) is 1. The van der Waals surface area contributed by atoms with Gasteiger partial charge in [-0.2, -0.15) is 0 Å². The van der Waals surface area contributed by atoms with Crippen LogP contribution in [0.4, 0.5) is 5.82 Å². The first-order chi connectivity index (χ1) is 9.78. The van der Waals surface area contributed by atoms with Gasteiger partial charge in [0.05, 0.1) is 7.11 Å². The Morgan fingerprint density at radius 3 is 2.90 bits per heavy atom. The summed E-state index contributed by atoms with van der Waals surface area (Å²) < 4.78 is 5.29. The number of nitrogens with one attached hydrogen (secondary N) is 1. The molecule has 2 rings (SSSR count). The Labute approximate surface area is 120 Å². The van der Waals surface area contributed by atoms with Crippen molar-refractivity contribution in [1.29, 1.82) is 0 Å². The first kappa shape index (κ1) is 14.6. The summed E-state index contributed by atoms with van der Waals surface area (Å²) in [6.07, 6.45) is 5.23. The summed E-state index contributed by atoms with van der Waals surface area (Å²) in [6, 6.07) is 8.29. The van der Waals surface area contributed by atoms with E-state index in [1.165, 1.54) is 12.8 Å². The lowest BCUT2D eigenvalue weighted by atomic mass is 10.1. The van der Waals surface area contributed by atoms with Crippen LogP contribution < -0.4 is 15.8 Å². The van der Waals surface area contributed by atoms with Crippen molar-refractivity contribution in [3.63, 3.8) is 0 Å². The molecule has 0 spiro atoms. The normalized spacial score (nSPS) is 12.3. The third-order valence-corrected chi connectivity index (χ3v) is 3.50. The molecule has 1 aromatic carbocycles. The van der Waals surface area contributed by atoms with Crippen LogP contribution in [0, 0.1) is 0 Å². The Hall–Kier alpha value is -1.81. The second-order valence-corrected chi connectivity index (χ2v) is 4.97. The number of hydrogen-bond acceptors (Lipinski definition) is 4. The number of pyridine rings is 1. The molecular formula is C16H23N3O. The average molecular weight is 273 g/mol. The number of anilines is 1. The van der Waals surface area contributed by atoms with Crippen molar-refractivity contribution in [3.8, 4) is 5.75 Å². The van der Waals surface area contributed by atoms with Crippen LogP contribution in [0.25, 0.3) is 10.8 Å². The molecule has 0 radical (unpaired) electrons. The van der Waals surface area contributed by atoms with Gasteiger partial charge in [-0.3, -0.25) is 0 Å². The van der Waals surface area contributed by atoms with E-state index in [9.17, 15) is 0 Å². The van der Waals surface area contributed by atoms with Gasteiger partial charge in [0.2, 0.25) is 0 Å². The van der Waals surface area contributed by atoms with Crippen LogP contribution >= 0.6 is 0 Å². The summed E-state index contributed by atoms with van der Waals surface area (Å²) in [5.41, 5.74) is 5.85. The van der Waals surface area contributed by atoms with Crippen molar-refractivity contribution in [2.24, 2.45) is 5.73 Å². The van der Waals surface area contributed by atoms with E-state index in [4.69, 9.17) is 10.5 Å². The third kappa shape index (κ3) is 3.39. The van der Waals surface area contributed by atoms with Crippen molar-refractivity contribution in [1.82, 2.24) is 4.98 Å². The summed E-state index contributed by atoms with van der Waals surface area (Å²) in [5.74, 6) is 1.72. The van der Waals surface area contributed by atoms with E-state index in [0.717, 1.165) is 28.8 Å². The minimum Gasteiger partial charge on any atom is -0.497 e. The number of aromatic nitrogens is 1. The zero-order valence-electron chi connectivity index (χ0n) is 12.2. The van der Waals surface area contributed by atoms with Gasteiger partial charge < -0.3 is 15.8 Å². The molecule has 0 fully saturated rings. The van der Waals surface area contributed by atoms with Gasteiger partial charge >= 0.3 is 0 Å². The standard InChI is InChI=1S/C16H23N3O/c1-3-4-5-13(11-17)19-16-15-10-14(20-2)7-6-12(15)8-9-18-16/h6-10,13H,3-5,11,17H2,1-2H3,(H,18,19). The van der Waals surface area contributed by atoms with Crippen molar-refractivity contribution in [3.05, 3.63) is 30.5 Å². The van der Waals surface area contributed by atoms with Gasteiger partial charge in [-0.1, -0.05) is 25.8 Å². The van der Waals surface area contributed by atoms with E-state index < -0.39 is 0 Å². The number of ether oxygens (including phenoxy) is 1. The van der Waals surface area contributed by atoms with E-state index in [0.29, 0.717) is 6.54 Å². The highest BCUT2D eigenvalue weighted by molar-refractivity contribution is 5.92. The van der Waals surface area contributed by atoms with Gasteiger partial charge in [-0.05, 0) is 30.0 Å². The van der Waals surface area contributed by atoms with Gasteiger partial charge in [0, 0.05) is 24.2 Å². The lowest BCUT2D eigenvalue weighted by Crippen LogP contribution is -2.29. The number of unbranched alkanes of at least 4 members (excludes halogenated alkanes) is 1. The maximum absolute atomic E-state index is 5.85. The van der Waals surface area contributed by atoms with Gasteiger partial charge in [0.25, 0.3) is 0 Å². The van der Waals surface area contributed by atoms with Crippen LogP contribution in [-0.4, -0.2) is 24.7 Å². The molecular weight excluding hydrogens is 250 g/mol. The summed E-state index contributed by atoms with van der Waals surface area (Å²) >= 11 is 0. The highest BCUT2D eigenvalue weighted by Crippen LogP contribution is 2.26. The first-order valence-electron chi connectivity index (χ1n) is 7.17. The minimum absolute atomic E-state index is 0.263. The molecule has 20 heavy (non-hydrogen) atoms. The van der Waals surface area contributed by atoms with Crippen LogP contribution in [0.3, 0.4) is 0 Å². The Morgan fingerprint density at radius 1 is 1.35 bits per heavy atom. The molecule has 4 heteroatoms. The Morgan fingerprint density at radius 2 is 2.20 bits per heavy atom. The number of methoxy groups -OCH3 is 1. The first-order valence-corrected chi connectivity index (χ1v) is 7.17. The molecule has 2 aromatic rings. The quantitative estimate of drug-likeness (QED) is 0.813. The van der Waals surface area contributed by atoms with Crippen molar-refractivity contribution < 1.29 is 4.74 Å². The van der Waals surface area contributed by atoms with Gasteiger partial charge in [0.15, 0.2) is 0 Å². The van der Waals surface area contributed by atoms with Crippen LogP contribution in [0.2, 0.25) is 0 Å². The highest BCUT2D eigenvalue weighted by atomic mass is 16.5. The summed E-state index contributed by atoms with van der Waals surface area (Å²) in [7, 11) is 1.68. The molecule has 0 bridgehead atoms. The molecule has 1 aromatic heterocycles. The van der Waals surface area contributed by atoms with E-state index >= 15 is 0 Å². The molecule has 0 saturated heterocycles. The maximum Gasteiger partial charge on any atom is 0.134 e. The zero-order valence-corrected chi connectivity index (χ0v) is 12.2. The summed E-state index contributed by atoms with van der Waals surface area (Å²) in [4.78, 5) is 4.46. The Bertz CT molecular complexity index is 556. The third-order valence-electron chi connectivity index (χ3n) is 3.50. The highest BCUT2D eigenvalue weighted by Gasteiger charge is 2.10. The van der Waals surface area contributed by atoms with Crippen molar-refractivity contribution >= 4 is 16.6 Å². The van der Waals surface area contributed by atoms with E-state index in [1.807, 2.05) is 30.5 Å². The molecule has 0 amide bonds. The second kappa shape index (κ2) is 7.10. The van der Waals surface area contributed by atoms with Gasteiger partial charge in [0.1, 0.15) is 11.6 Å². The molecule has 0 aliphatic rings. The molecule has 0 aliphatic carbocycles. The SMILES string of the molecule is CCCCC(CN)Nc1nccc2ccc(OC)cc12. The number of hydrogen-bond donors (Lipinski definition) is 2. The predicted molar refractivity (Wildman–Crippen MR) is 84.3 cm³/mol. The van der Waals surface area contributed by atoms with E-state index in [-0.39, 0.29) is 6.04 Å². The molecule has 1 heterocycles. The fraction of sp³-hybridized carbons (Fsp3) is 0.438. The van der Waals surface area contributed by atoms with Crippen LogP contribution in [-0.2, 0) is 0 Å². The second-order valence-electron chi connectivity index (χ2n) is 4.97. The molecule has 0 aliphatic heterocycles. The predicted octanol–water partition coefficient (Wildman–Crippen LogP) is 3.17. The molecule has 3 N–H and O–H groups in total. The molecule has 1 atom stereocenters. The van der Waals surface area contributed by atoms with Gasteiger partial charge in [-0.15, -0.1) is 0 Å². The number of rotatable bonds is 7. The van der Waals surface area contributed by atoms with Crippen LogP contribution in [0.15, 0.2) is 30.5 Å². The monoisotopic (exact) mass is 273 g/mol. The topological polar surface area (TPSA) is 60.2 Å². The maximum atomic E-state index is 5.85. The van der Waals surface area contributed by atoms with E-state index in [1.54, 1.807) is 7.11 Å². The van der Waals surface area contributed by atoms with Crippen LogP contribution in [0.1, 0.15) is 26.2 Å². The van der Waals surface area contributed by atoms with Crippen molar-refractivity contribution in [2.75, 3.05) is 19.0 Å². The smallest absolute Gasteiger partial charge is 0.134 e. The fourth-order valence-electron chi connectivity index (χ4n) is 2.28. The number of fused-ring (bicyclic) bond motifs is 1. The van der Waals surface area contributed by atoms with Crippen LogP contribution in [0.5, 0.6) is 5.75 Å². The molecule has 4 nitrogen and oxygen atoms in total. The molecule has 1 unspecified atom stereocenters. The fourth-order valence-corrected chi connectivity index (χ4v) is 2.28. The Balaban J connectivity index is 2.28. The number of nitrogens with zero attached hydrogens (tertiary/aromatic N) is 1. The largest absolute Gasteiger partial charge is 0.497 e. The summed E-state index contributed by atoms with van der Waals surface area (Å²) in [5, 5.41) is 5.68. The lowest BCUT2D eigenvalue weighted by Gasteiger charge is -2.18. The molecule has 108 valence electrons. The summed E-state index contributed by atoms with van der Waals surface area (Å²) in [6.45, 7) is 2.80. The number of benzene rings is 1. The zero-order chi connectivity index (χ0) is 14.4. The van der Waals surface area contributed by atoms with Crippen molar-refractivity contribution in [2.45, 2.75) is 32.2 Å². The van der Waals surface area contributed by atoms with E-state index in [2.05, 4.69) is 17.2 Å². The minimum atomic E-state index is 0.263. The lowest BCUT2D eigenvalue weighted by molar-refractivity contribution is 0.415. The molecule has 0 saturated carbocycles. The average Bonchev–Trinajstić information content (AvgIpc) is 2.51.